The van der Waals surface area contributed by atoms with Crippen molar-refractivity contribution in [2.24, 2.45) is 0 Å². The minimum Gasteiger partial charge on any atom is -0.332 e. The number of sulfonamides is 1. The van der Waals surface area contributed by atoms with Crippen molar-refractivity contribution in [2.45, 2.75) is 24.4 Å². The van der Waals surface area contributed by atoms with E-state index in [4.69, 9.17) is 0 Å². The maximum absolute atomic E-state index is 11.9. The molecule has 7 heteroatoms. The second kappa shape index (κ2) is 4.15. The zero-order chi connectivity index (χ0) is 11.8. The van der Waals surface area contributed by atoms with Crippen molar-refractivity contribution in [2.75, 3.05) is 20.1 Å². The molecule has 90 valence electrons. The summed E-state index contributed by atoms with van der Waals surface area (Å²) in [6, 6.07) is -0.00129. The third-order valence-electron chi connectivity index (χ3n) is 2.68. The summed E-state index contributed by atoms with van der Waals surface area (Å²) in [6.45, 7) is 3.41. The first kappa shape index (κ1) is 11.6. The second-order valence-corrected chi connectivity index (χ2v) is 5.88. The van der Waals surface area contributed by atoms with Crippen LogP contribution in [-0.2, 0) is 10.0 Å². The van der Waals surface area contributed by atoms with Crippen LogP contribution in [0.15, 0.2) is 11.2 Å². The molecule has 16 heavy (non-hydrogen) atoms. The largest absolute Gasteiger partial charge is 0.332 e. The van der Waals surface area contributed by atoms with Gasteiger partial charge in [-0.1, -0.05) is 0 Å². The lowest BCUT2D eigenvalue weighted by Crippen LogP contribution is -2.36. The number of rotatable bonds is 3. The molecular weight excluding hydrogens is 228 g/mol. The molecular formula is C9H16N4O2S. The molecule has 2 rings (SSSR count). The van der Waals surface area contributed by atoms with Gasteiger partial charge in [-0.15, -0.1) is 0 Å². The van der Waals surface area contributed by atoms with E-state index in [-0.39, 0.29) is 11.1 Å². The summed E-state index contributed by atoms with van der Waals surface area (Å²) in [5.74, 6) is 0.601. The van der Waals surface area contributed by atoms with Crippen LogP contribution in [0.25, 0.3) is 0 Å². The third-order valence-corrected chi connectivity index (χ3v) is 4.11. The fourth-order valence-corrected chi connectivity index (χ4v) is 3.08. The topological polar surface area (TPSA) is 78.1 Å². The minimum absolute atomic E-state index is 0.00129. The Kier molecular flexibility index (Phi) is 3.00. The van der Waals surface area contributed by atoms with Crippen LogP contribution in [0.1, 0.15) is 12.2 Å². The van der Waals surface area contributed by atoms with Crippen molar-refractivity contribution in [1.29, 1.82) is 0 Å². The highest BCUT2D eigenvalue weighted by molar-refractivity contribution is 7.89. The number of imidazole rings is 1. The standard InChI is InChI=1S/C9H16N4O2S/c1-7-10-5-9(11-7)16(14,15)12-8-3-4-13(2)6-8/h5,8,12H,3-4,6H2,1-2H3,(H,10,11). The van der Waals surface area contributed by atoms with Gasteiger partial charge in [0.2, 0.25) is 0 Å². The van der Waals surface area contributed by atoms with Gasteiger partial charge in [-0.3, -0.25) is 0 Å². The number of aryl methyl sites for hydroxylation is 1. The molecule has 0 aliphatic carbocycles. The summed E-state index contributed by atoms with van der Waals surface area (Å²) in [5.41, 5.74) is 0. The Bertz CT molecular complexity index is 468. The summed E-state index contributed by atoms with van der Waals surface area (Å²) in [5, 5.41) is 0.138. The molecule has 0 radical (unpaired) electrons. The van der Waals surface area contributed by atoms with Gasteiger partial charge in [-0.05, 0) is 26.9 Å². The Morgan fingerprint density at radius 2 is 2.38 bits per heavy atom. The van der Waals surface area contributed by atoms with E-state index >= 15 is 0 Å². The molecule has 6 nitrogen and oxygen atoms in total. The molecule has 1 aliphatic heterocycles. The lowest BCUT2D eigenvalue weighted by Gasteiger charge is -2.11. The number of likely N-dealkylation sites (tertiary alicyclic amines) is 1. The molecule has 0 aromatic carbocycles. The van der Waals surface area contributed by atoms with Crippen molar-refractivity contribution in [3.8, 4) is 0 Å². The van der Waals surface area contributed by atoms with E-state index in [0.29, 0.717) is 5.82 Å². The van der Waals surface area contributed by atoms with Gasteiger partial charge < -0.3 is 9.88 Å². The summed E-state index contributed by atoms with van der Waals surface area (Å²) in [6.07, 6.45) is 2.19. The van der Waals surface area contributed by atoms with Gasteiger partial charge >= 0.3 is 0 Å². The fraction of sp³-hybridized carbons (Fsp3) is 0.667. The predicted octanol–water partition coefficient (Wildman–Crippen LogP) is -0.299. The number of nitrogens with zero attached hydrogens (tertiary/aromatic N) is 2. The Morgan fingerprint density at radius 3 is 2.88 bits per heavy atom. The molecule has 0 spiro atoms. The number of aromatic amines is 1. The molecule has 1 aliphatic rings. The Balaban J connectivity index is 2.09. The average molecular weight is 244 g/mol. The number of nitrogens with one attached hydrogen (secondary N) is 2. The maximum atomic E-state index is 11.9. The van der Waals surface area contributed by atoms with Gasteiger partial charge in [0.15, 0.2) is 5.03 Å². The number of hydrogen-bond donors (Lipinski definition) is 2. The first-order valence-electron chi connectivity index (χ1n) is 5.20. The van der Waals surface area contributed by atoms with E-state index in [9.17, 15) is 8.42 Å². The zero-order valence-corrected chi connectivity index (χ0v) is 10.2. The molecule has 0 saturated carbocycles. The molecule has 2 heterocycles. The van der Waals surface area contributed by atoms with Crippen LogP contribution in [0, 0.1) is 6.92 Å². The second-order valence-electron chi connectivity index (χ2n) is 4.20. The average Bonchev–Trinajstić information content (AvgIpc) is 2.75. The number of likely N-dealkylation sites (N-methyl/N-ethyl adjacent to an activating group) is 1. The summed E-state index contributed by atoms with van der Waals surface area (Å²) in [4.78, 5) is 8.72. The molecule has 1 aromatic heterocycles. The Labute approximate surface area is 95.1 Å². The quantitative estimate of drug-likeness (QED) is 0.765. The highest BCUT2D eigenvalue weighted by atomic mass is 32.2. The van der Waals surface area contributed by atoms with Crippen LogP contribution >= 0.6 is 0 Å². The van der Waals surface area contributed by atoms with Crippen molar-refractivity contribution in [3.05, 3.63) is 12.0 Å². The van der Waals surface area contributed by atoms with Gasteiger partial charge in [0.25, 0.3) is 10.0 Å². The van der Waals surface area contributed by atoms with E-state index in [0.717, 1.165) is 19.5 Å². The molecule has 1 unspecified atom stereocenters. The SMILES string of the molecule is Cc1ncc(S(=O)(=O)NC2CCN(C)C2)[nH]1. The molecule has 1 atom stereocenters. The molecule has 1 fully saturated rings. The highest BCUT2D eigenvalue weighted by Crippen LogP contribution is 2.11. The monoisotopic (exact) mass is 244 g/mol. The van der Waals surface area contributed by atoms with Gasteiger partial charge in [0.05, 0.1) is 6.20 Å². The van der Waals surface area contributed by atoms with Crippen LogP contribution < -0.4 is 4.72 Å². The van der Waals surface area contributed by atoms with Crippen molar-refractivity contribution in [3.63, 3.8) is 0 Å². The number of hydrogen-bond acceptors (Lipinski definition) is 4. The normalized spacial score (nSPS) is 22.8. The van der Waals surface area contributed by atoms with Crippen LogP contribution in [0.3, 0.4) is 0 Å². The molecule has 2 N–H and O–H groups in total. The molecule has 1 saturated heterocycles. The van der Waals surface area contributed by atoms with Crippen LogP contribution in [0.2, 0.25) is 0 Å². The van der Waals surface area contributed by atoms with Crippen LogP contribution in [0.4, 0.5) is 0 Å². The first-order valence-corrected chi connectivity index (χ1v) is 6.68. The van der Waals surface area contributed by atoms with E-state index < -0.39 is 10.0 Å². The van der Waals surface area contributed by atoms with E-state index in [1.165, 1.54) is 6.20 Å². The highest BCUT2D eigenvalue weighted by Gasteiger charge is 2.26. The molecule has 1 aromatic rings. The first-order chi connectivity index (χ1) is 7.47. The van der Waals surface area contributed by atoms with E-state index in [1.54, 1.807) is 6.92 Å². The van der Waals surface area contributed by atoms with Gasteiger partial charge in [0, 0.05) is 12.6 Å². The van der Waals surface area contributed by atoms with Gasteiger partial charge in [0.1, 0.15) is 5.82 Å². The third kappa shape index (κ3) is 2.42. The predicted molar refractivity (Wildman–Crippen MR) is 59.5 cm³/mol. The molecule has 0 amide bonds. The number of aromatic nitrogens is 2. The van der Waals surface area contributed by atoms with Crippen molar-refractivity contribution in [1.82, 2.24) is 19.6 Å². The van der Waals surface area contributed by atoms with Gasteiger partial charge in [-0.25, -0.2) is 18.1 Å². The van der Waals surface area contributed by atoms with Crippen LogP contribution in [0.5, 0.6) is 0 Å². The maximum Gasteiger partial charge on any atom is 0.257 e. The fourth-order valence-electron chi connectivity index (χ4n) is 1.85. The Hall–Kier alpha value is -0.920. The molecule has 0 bridgehead atoms. The smallest absolute Gasteiger partial charge is 0.257 e. The summed E-state index contributed by atoms with van der Waals surface area (Å²) >= 11 is 0. The zero-order valence-electron chi connectivity index (χ0n) is 9.40. The summed E-state index contributed by atoms with van der Waals surface area (Å²) < 4.78 is 26.5. The minimum atomic E-state index is -3.44. The van der Waals surface area contributed by atoms with Gasteiger partial charge in [-0.2, -0.15) is 0 Å². The Morgan fingerprint density at radius 1 is 1.62 bits per heavy atom. The number of H-pyrrole nitrogens is 1. The lowest BCUT2D eigenvalue weighted by molar-refractivity contribution is 0.407. The lowest BCUT2D eigenvalue weighted by atomic mass is 10.3. The van der Waals surface area contributed by atoms with Crippen LogP contribution in [-0.4, -0.2) is 49.5 Å². The summed E-state index contributed by atoms with van der Waals surface area (Å²) in [7, 11) is -1.46. The van der Waals surface area contributed by atoms with Crippen molar-refractivity contribution >= 4 is 10.0 Å². The van der Waals surface area contributed by atoms with E-state index in [1.807, 2.05) is 7.05 Å². The van der Waals surface area contributed by atoms with E-state index in [2.05, 4.69) is 19.6 Å². The van der Waals surface area contributed by atoms with Crippen molar-refractivity contribution < 1.29 is 8.42 Å².